The van der Waals surface area contributed by atoms with E-state index in [1.54, 1.807) is 0 Å². The lowest BCUT2D eigenvalue weighted by Crippen LogP contribution is -2.67. The van der Waals surface area contributed by atoms with Crippen LogP contribution >= 0.6 is 0 Å². The van der Waals surface area contributed by atoms with Gasteiger partial charge in [0.25, 0.3) is 5.91 Å². The van der Waals surface area contributed by atoms with Crippen LogP contribution in [0.4, 0.5) is 0 Å². The number of hydrogen-bond donors (Lipinski definition) is 3. The Bertz CT molecular complexity index is 489. The maximum absolute atomic E-state index is 10.9. The van der Waals surface area contributed by atoms with Gasteiger partial charge in [0.2, 0.25) is 0 Å². The van der Waals surface area contributed by atoms with Crippen molar-refractivity contribution in [2.75, 3.05) is 0 Å². The third-order valence-corrected chi connectivity index (χ3v) is 2.54. The molecular formula is C11H14N3O+. The number of fused-ring (bicyclic) bond motifs is 1. The second-order valence-corrected chi connectivity index (χ2v) is 3.66. The highest BCUT2D eigenvalue weighted by Gasteiger charge is 2.15. The van der Waals surface area contributed by atoms with Crippen molar-refractivity contribution in [3.8, 4) is 0 Å². The molecule has 0 saturated heterocycles. The molecule has 0 aliphatic rings. The molecule has 1 atom stereocenters. The molecule has 0 saturated carbocycles. The number of hydrogen-bond acceptors (Lipinski definition) is 1. The van der Waals surface area contributed by atoms with Crippen molar-refractivity contribution in [1.29, 1.82) is 0 Å². The molecule has 6 N–H and O–H groups in total. The maximum atomic E-state index is 10.9. The third-order valence-electron chi connectivity index (χ3n) is 2.54. The van der Waals surface area contributed by atoms with Crippen molar-refractivity contribution in [1.82, 2.24) is 4.98 Å². The predicted octanol–water partition coefficient (Wildman–Crippen LogP) is -0.194. The number of primary amides is 1. The van der Waals surface area contributed by atoms with Crippen molar-refractivity contribution in [3.05, 3.63) is 36.0 Å². The lowest BCUT2D eigenvalue weighted by Gasteiger charge is -2.02. The lowest BCUT2D eigenvalue weighted by molar-refractivity contribution is -0.402. The van der Waals surface area contributed by atoms with Gasteiger partial charge in [0.1, 0.15) is 0 Å². The molecule has 1 aromatic carbocycles. The van der Waals surface area contributed by atoms with Gasteiger partial charge < -0.3 is 16.5 Å². The van der Waals surface area contributed by atoms with Crippen LogP contribution in [0.5, 0.6) is 0 Å². The summed E-state index contributed by atoms with van der Waals surface area (Å²) in [6.07, 6.45) is 2.49. The minimum atomic E-state index is -0.371. The average Bonchev–Trinajstić information content (AvgIpc) is 2.62. The molecular weight excluding hydrogens is 190 g/mol. The zero-order valence-corrected chi connectivity index (χ0v) is 8.36. The molecule has 0 bridgehead atoms. The Hall–Kier alpha value is -1.81. The van der Waals surface area contributed by atoms with Crippen molar-refractivity contribution >= 4 is 16.8 Å². The zero-order chi connectivity index (χ0) is 10.8. The van der Waals surface area contributed by atoms with Crippen molar-refractivity contribution in [2.45, 2.75) is 12.5 Å². The van der Waals surface area contributed by atoms with Gasteiger partial charge in [-0.2, -0.15) is 0 Å². The summed E-state index contributed by atoms with van der Waals surface area (Å²) in [6, 6.07) is 7.60. The summed E-state index contributed by atoms with van der Waals surface area (Å²) >= 11 is 0. The van der Waals surface area contributed by atoms with Gasteiger partial charge in [-0.25, -0.2) is 0 Å². The van der Waals surface area contributed by atoms with Gasteiger partial charge in [-0.05, 0) is 11.6 Å². The number of nitrogens with one attached hydrogen (secondary N) is 1. The van der Waals surface area contributed by atoms with Gasteiger partial charge in [0.05, 0.1) is 0 Å². The first kappa shape index (κ1) is 9.73. The van der Waals surface area contributed by atoms with Gasteiger partial charge in [0.15, 0.2) is 6.04 Å². The molecule has 15 heavy (non-hydrogen) atoms. The molecule has 2 aromatic rings. The topological polar surface area (TPSA) is 86.5 Å². The Balaban J connectivity index is 2.32. The number of H-pyrrole nitrogens is 1. The molecule has 78 valence electrons. The lowest BCUT2D eigenvalue weighted by atomic mass is 10.1. The van der Waals surface area contributed by atoms with E-state index in [0.29, 0.717) is 6.42 Å². The van der Waals surface area contributed by atoms with Crippen molar-refractivity contribution < 1.29 is 10.5 Å². The number of para-hydroxylation sites is 1. The molecule has 2 rings (SSSR count). The molecule has 0 spiro atoms. The molecule has 0 aliphatic heterocycles. The summed E-state index contributed by atoms with van der Waals surface area (Å²) in [5.74, 6) is -0.361. The number of aromatic amines is 1. The quantitative estimate of drug-likeness (QED) is 0.635. The van der Waals surface area contributed by atoms with Crippen LogP contribution in [-0.2, 0) is 11.2 Å². The monoisotopic (exact) mass is 204 g/mol. The molecule has 1 aromatic heterocycles. The Morgan fingerprint density at radius 2 is 2.20 bits per heavy atom. The van der Waals surface area contributed by atoms with Crippen LogP contribution < -0.4 is 11.5 Å². The first-order chi connectivity index (χ1) is 7.18. The standard InChI is InChI=1S/C11H13N3O/c12-9(11(13)15)5-7-6-14-10-4-2-1-3-8(7)10/h1-4,6,9,14H,5,12H2,(H2,13,15)/p+1/t9-/m1/s1. The number of rotatable bonds is 3. The summed E-state index contributed by atoms with van der Waals surface area (Å²) in [7, 11) is 0. The average molecular weight is 204 g/mol. The van der Waals surface area contributed by atoms with E-state index < -0.39 is 0 Å². The van der Waals surface area contributed by atoms with Crippen LogP contribution in [0.2, 0.25) is 0 Å². The molecule has 0 aliphatic carbocycles. The molecule has 0 fully saturated rings. The number of carbonyl (C=O) groups excluding carboxylic acids is 1. The first-order valence-corrected chi connectivity index (χ1v) is 4.86. The SMILES string of the molecule is NC(=O)[C@H]([NH3+])Cc1c[nH]c2ccccc12. The van der Waals surface area contributed by atoms with Crippen LogP contribution in [0.1, 0.15) is 5.56 Å². The van der Waals surface area contributed by atoms with Gasteiger partial charge in [-0.3, -0.25) is 4.79 Å². The Labute approximate surface area is 87.3 Å². The number of carbonyl (C=O) groups is 1. The van der Waals surface area contributed by atoms with Gasteiger partial charge >= 0.3 is 0 Å². The minimum absolute atomic E-state index is 0.361. The zero-order valence-electron chi connectivity index (χ0n) is 8.36. The number of quaternary nitrogens is 1. The summed E-state index contributed by atoms with van der Waals surface area (Å²) < 4.78 is 0. The van der Waals surface area contributed by atoms with E-state index in [1.165, 1.54) is 0 Å². The van der Waals surface area contributed by atoms with E-state index in [4.69, 9.17) is 5.73 Å². The molecule has 1 heterocycles. The fourth-order valence-electron chi connectivity index (χ4n) is 1.67. The highest BCUT2D eigenvalue weighted by atomic mass is 16.1. The van der Waals surface area contributed by atoms with Crippen LogP contribution in [0, 0.1) is 0 Å². The second kappa shape index (κ2) is 3.74. The smallest absolute Gasteiger partial charge is 0.275 e. The van der Waals surface area contributed by atoms with E-state index in [1.807, 2.05) is 30.5 Å². The first-order valence-electron chi connectivity index (χ1n) is 4.86. The Kier molecular flexibility index (Phi) is 2.43. The molecule has 0 radical (unpaired) electrons. The molecule has 4 nitrogen and oxygen atoms in total. The van der Waals surface area contributed by atoms with E-state index in [0.717, 1.165) is 16.5 Å². The normalized spacial score (nSPS) is 12.9. The fraction of sp³-hybridized carbons (Fsp3) is 0.182. The van der Waals surface area contributed by atoms with Crippen LogP contribution in [0.3, 0.4) is 0 Å². The van der Waals surface area contributed by atoms with Crippen LogP contribution in [-0.4, -0.2) is 16.9 Å². The number of benzene rings is 1. The van der Waals surface area contributed by atoms with Gasteiger partial charge in [-0.15, -0.1) is 0 Å². The van der Waals surface area contributed by atoms with Crippen molar-refractivity contribution in [3.63, 3.8) is 0 Å². The van der Waals surface area contributed by atoms with Gasteiger partial charge in [0, 0.05) is 23.5 Å². The molecule has 4 heteroatoms. The molecule has 1 amide bonds. The highest BCUT2D eigenvalue weighted by Crippen LogP contribution is 2.18. The van der Waals surface area contributed by atoms with Crippen molar-refractivity contribution in [2.24, 2.45) is 5.73 Å². The summed E-state index contributed by atoms with van der Waals surface area (Å²) in [6.45, 7) is 0. The minimum Gasteiger partial charge on any atom is -0.365 e. The van der Waals surface area contributed by atoms with Gasteiger partial charge in [-0.1, -0.05) is 18.2 Å². The van der Waals surface area contributed by atoms with Crippen LogP contribution in [0.25, 0.3) is 10.9 Å². The second-order valence-electron chi connectivity index (χ2n) is 3.66. The maximum Gasteiger partial charge on any atom is 0.275 e. The van der Waals surface area contributed by atoms with E-state index in [9.17, 15) is 4.79 Å². The number of aromatic nitrogens is 1. The summed E-state index contributed by atoms with van der Waals surface area (Å²) in [5, 5.41) is 1.13. The Morgan fingerprint density at radius 1 is 1.47 bits per heavy atom. The third kappa shape index (κ3) is 1.85. The molecule has 0 unspecified atom stereocenters. The fourth-order valence-corrected chi connectivity index (χ4v) is 1.67. The predicted molar refractivity (Wildman–Crippen MR) is 57.9 cm³/mol. The number of nitrogens with two attached hydrogens (primary N) is 1. The highest BCUT2D eigenvalue weighted by molar-refractivity contribution is 5.84. The van der Waals surface area contributed by atoms with Crippen LogP contribution in [0.15, 0.2) is 30.5 Å². The Morgan fingerprint density at radius 3 is 2.93 bits per heavy atom. The largest absolute Gasteiger partial charge is 0.365 e. The summed E-state index contributed by atoms with van der Waals surface area (Å²) in [5.41, 5.74) is 11.1. The van der Waals surface area contributed by atoms with E-state index >= 15 is 0 Å². The number of amides is 1. The van der Waals surface area contributed by atoms with E-state index in [2.05, 4.69) is 10.7 Å². The summed E-state index contributed by atoms with van der Waals surface area (Å²) in [4.78, 5) is 14.1. The van der Waals surface area contributed by atoms with E-state index in [-0.39, 0.29) is 11.9 Å².